The summed E-state index contributed by atoms with van der Waals surface area (Å²) in [6, 6.07) is 10.3. The van der Waals surface area contributed by atoms with Crippen molar-refractivity contribution < 1.29 is 4.74 Å². The molecule has 0 amide bonds. The molecular formula is C17H24N2O. The molecule has 0 unspecified atom stereocenters. The van der Waals surface area contributed by atoms with Crippen molar-refractivity contribution in [2.75, 3.05) is 13.2 Å². The van der Waals surface area contributed by atoms with E-state index < -0.39 is 0 Å². The Bertz CT molecular complexity index is 552. The molecule has 0 fully saturated rings. The number of benzene rings is 1. The second-order valence-corrected chi connectivity index (χ2v) is 5.51. The molecule has 0 atom stereocenters. The Balaban J connectivity index is 2.24. The lowest BCUT2D eigenvalue weighted by Gasteiger charge is -2.12. The summed E-state index contributed by atoms with van der Waals surface area (Å²) in [5, 5.41) is 4.69. The fraction of sp³-hybridized carbons (Fsp3) is 0.471. The third-order valence-corrected chi connectivity index (χ3v) is 3.10. The zero-order valence-electron chi connectivity index (χ0n) is 12.6. The van der Waals surface area contributed by atoms with Crippen LogP contribution in [0.4, 0.5) is 0 Å². The van der Waals surface area contributed by atoms with Gasteiger partial charge in [-0.2, -0.15) is 0 Å². The minimum absolute atomic E-state index is 0.652. The molecule has 0 aliphatic rings. The van der Waals surface area contributed by atoms with Crippen LogP contribution < -0.4 is 10.1 Å². The van der Waals surface area contributed by atoms with E-state index in [1.165, 1.54) is 10.9 Å². The summed E-state index contributed by atoms with van der Waals surface area (Å²) >= 11 is 0. The lowest BCUT2D eigenvalue weighted by molar-refractivity contribution is 0.306. The van der Waals surface area contributed by atoms with Gasteiger partial charge in [0.05, 0.1) is 12.1 Å². The van der Waals surface area contributed by atoms with Gasteiger partial charge in [-0.1, -0.05) is 39.0 Å². The molecule has 108 valence electrons. The van der Waals surface area contributed by atoms with Crippen molar-refractivity contribution in [1.29, 1.82) is 0 Å². The topological polar surface area (TPSA) is 34.1 Å². The van der Waals surface area contributed by atoms with Gasteiger partial charge in [0, 0.05) is 18.0 Å². The summed E-state index contributed by atoms with van der Waals surface area (Å²) in [7, 11) is 0. The van der Waals surface area contributed by atoms with E-state index in [1.54, 1.807) is 0 Å². The monoisotopic (exact) mass is 272 g/mol. The highest BCUT2D eigenvalue weighted by Crippen LogP contribution is 2.22. The van der Waals surface area contributed by atoms with Crippen molar-refractivity contribution in [1.82, 2.24) is 10.3 Å². The van der Waals surface area contributed by atoms with E-state index in [2.05, 4.69) is 49.3 Å². The molecule has 3 nitrogen and oxygen atoms in total. The van der Waals surface area contributed by atoms with Crippen LogP contribution in [0.15, 0.2) is 30.3 Å². The van der Waals surface area contributed by atoms with Gasteiger partial charge in [0.1, 0.15) is 0 Å². The van der Waals surface area contributed by atoms with Crippen molar-refractivity contribution in [3.8, 4) is 5.88 Å². The highest BCUT2D eigenvalue weighted by atomic mass is 16.5. The molecule has 0 spiro atoms. The summed E-state index contributed by atoms with van der Waals surface area (Å²) in [4.78, 5) is 4.57. The molecule has 1 aromatic carbocycles. The highest BCUT2D eigenvalue weighted by molar-refractivity contribution is 5.82. The Morgan fingerprint density at radius 1 is 1.25 bits per heavy atom. The van der Waals surface area contributed by atoms with E-state index in [4.69, 9.17) is 4.74 Å². The normalized spacial score (nSPS) is 11.2. The lowest BCUT2D eigenvalue weighted by atomic mass is 10.1. The Morgan fingerprint density at radius 2 is 2.05 bits per heavy atom. The Morgan fingerprint density at radius 3 is 2.80 bits per heavy atom. The van der Waals surface area contributed by atoms with E-state index in [0.717, 1.165) is 30.9 Å². The van der Waals surface area contributed by atoms with Gasteiger partial charge in [-0.05, 0) is 30.5 Å². The van der Waals surface area contributed by atoms with Crippen LogP contribution in [0, 0.1) is 5.92 Å². The number of para-hydroxylation sites is 1. The maximum absolute atomic E-state index is 5.69. The highest BCUT2D eigenvalue weighted by Gasteiger charge is 2.06. The molecule has 1 N–H and O–H groups in total. The number of aromatic nitrogens is 1. The van der Waals surface area contributed by atoms with Gasteiger partial charge in [-0.25, -0.2) is 4.98 Å². The standard InChI is InChI=1S/C17H24N2O/c1-4-9-20-17-10-14(12-18-11-13(2)3)15-7-5-6-8-16(15)19-17/h5-8,10,13,18H,4,9,11-12H2,1-3H3. The average molecular weight is 272 g/mol. The molecule has 1 aromatic heterocycles. The molecule has 0 saturated carbocycles. The number of rotatable bonds is 7. The van der Waals surface area contributed by atoms with Gasteiger partial charge in [-0.15, -0.1) is 0 Å². The van der Waals surface area contributed by atoms with Gasteiger partial charge in [-0.3, -0.25) is 0 Å². The number of nitrogens with zero attached hydrogens (tertiary/aromatic N) is 1. The first-order valence-electron chi connectivity index (χ1n) is 7.43. The number of hydrogen-bond donors (Lipinski definition) is 1. The second-order valence-electron chi connectivity index (χ2n) is 5.51. The van der Waals surface area contributed by atoms with Gasteiger partial charge in [0.15, 0.2) is 0 Å². The fourth-order valence-electron chi connectivity index (χ4n) is 2.14. The Hall–Kier alpha value is -1.61. The third kappa shape index (κ3) is 3.94. The maximum atomic E-state index is 5.69. The minimum atomic E-state index is 0.652. The van der Waals surface area contributed by atoms with E-state index in [0.29, 0.717) is 12.5 Å². The molecule has 0 aliphatic carbocycles. The zero-order chi connectivity index (χ0) is 14.4. The van der Waals surface area contributed by atoms with Crippen molar-refractivity contribution in [3.05, 3.63) is 35.9 Å². The first-order chi connectivity index (χ1) is 9.70. The molecule has 0 radical (unpaired) electrons. The van der Waals surface area contributed by atoms with Crippen LogP contribution in [0.3, 0.4) is 0 Å². The summed E-state index contributed by atoms with van der Waals surface area (Å²) in [5.41, 5.74) is 2.25. The number of nitrogens with one attached hydrogen (secondary N) is 1. The van der Waals surface area contributed by atoms with Crippen LogP contribution in [0.5, 0.6) is 5.88 Å². The predicted molar refractivity (Wildman–Crippen MR) is 84.1 cm³/mol. The molecule has 0 saturated heterocycles. The summed E-state index contributed by atoms with van der Waals surface area (Å²) in [6.07, 6.45) is 0.995. The third-order valence-electron chi connectivity index (χ3n) is 3.10. The average Bonchev–Trinajstić information content (AvgIpc) is 2.44. The summed E-state index contributed by atoms with van der Waals surface area (Å²) in [5.74, 6) is 1.38. The Kier molecular flexibility index (Phi) is 5.36. The number of fused-ring (bicyclic) bond motifs is 1. The lowest BCUT2D eigenvalue weighted by Crippen LogP contribution is -2.19. The minimum Gasteiger partial charge on any atom is -0.478 e. The largest absolute Gasteiger partial charge is 0.478 e. The molecule has 1 heterocycles. The molecule has 20 heavy (non-hydrogen) atoms. The molecule has 2 aromatic rings. The van der Waals surface area contributed by atoms with Crippen LogP contribution in [0.2, 0.25) is 0 Å². The van der Waals surface area contributed by atoms with Crippen molar-refractivity contribution in [2.45, 2.75) is 33.7 Å². The van der Waals surface area contributed by atoms with Crippen LogP contribution >= 0.6 is 0 Å². The van der Waals surface area contributed by atoms with Crippen molar-refractivity contribution in [3.63, 3.8) is 0 Å². The van der Waals surface area contributed by atoms with E-state index in [9.17, 15) is 0 Å². The second kappa shape index (κ2) is 7.25. The number of pyridine rings is 1. The summed E-state index contributed by atoms with van der Waals surface area (Å²) < 4.78 is 5.69. The SMILES string of the molecule is CCCOc1cc(CNCC(C)C)c2ccccc2n1. The smallest absolute Gasteiger partial charge is 0.214 e. The van der Waals surface area contributed by atoms with Gasteiger partial charge in [0.25, 0.3) is 0 Å². The molecule has 3 heteroatoms. The van der Waals surface area contributed by atoms with Gasteiger partial charge in [0.2, 0.25) is 5.88 Å². The Labute approximate surface area is 121 Å². The molecule has 0 bridgehead atoms. The molecule has 0 aliphatic heterocycles. The van der Waals surface area contributed by atoms with Gasteiger partial charge >= 0.3 is 0 Å². The quantitative estimate of drug-likeness (QED) is 0.833. The zero-order valence-corrected chi connectivity index (χ0v) is 12.6. The van der Waals surface area contributed by atoms with E-state index in [-0.39, 0.29) is 0 Å². The summed E-state index contributed by atoms with van der Waals surface area (Å²) in [6.45, 7) is 9.11. The van der Waals surface area contributed by atoms with E-state index in [1.807, 2.05) is 12.1 Å². The number of ether oxygens (including phenoxy) is 1. The molecule has 2 rings (SSSR count). The van der Waals surface area contributed by atoms with Crippen molar-refractivity contribution >= 4 is 10.9 Å². The van der Waals surface area contributed by atoms with Crippen LogP contribution in [-0.2, 0) is 6.54 Å². The fourth-order valence-corrected chi connectivity index (χ4v) is 2.14. The van der Waals surface area contributed by atoms with E-state index >= 15 is 0 Å². The van der Waals surface area contributed by atoms with Crippen molar-refractivity contribution in [2.24, 2.45) is 5.92 Å². The number of hydrogen-bond acceptors (Lipinski definition) is 3. The molecular weight excluding hydrogens is 248 g/mol. The first-order valence-corrected chi connectivity index (χ1v) is 7.43. The van der Waals surface area contributed by atoms with Crippen LogP contribution in [0.1, 0.15) is 32.8 Å². The first kappa shape index (κ1) is 14.8. The maximum Gasteiger partial charge on any atom is 0.214 e. The van der Waals surface area contributed by atoms with Crippen LogP contribution in [-0.4, -0.2) is 18.1 Å². The van der Waals surface area contributed by atoms with Gasteiger partial charge < -0.3 is 10.1 Å². The van der Waals surface area contributed by atoms with Crippen LogP contribution in [0.25, 0.3) is 10.9 Å². The predicted octanol–water partition coefficient (Wildman–Crippen LogP) is 3.77.